The lowest BCUT2D eigenvalue weighted by Crippen LogP contribution is -2.48. The number of nitrogens with one attached hydrogen (secondary N) is 1. The summed E-state index contributed by atoms with van der Waals surface area (Å²) in [7, 11) is 0. The smallest absolute Gasteiger partial charge is 0.334 e. The fraction of sp³-hybridized carbons (Fsp3) is 0.333. The topological polar surface area (TPSA) is 82.6 Å². The van der Waals surface area contributed by atoms with E-state index in [-0.39, 0.29) is 19.1 Å². The van der Waals surface area contributed by atoms with E-state index in [9.17, 15) is 9.59 Å². The maximum absolute atomic E-state index is 12.7. The summed E-state index contributed by atoms with van der Waals surface area (Å²) in [6, 6.07) is 7.59. The second kappa shape index (κ2) is 5.21. The van der Waals surface area contributed by atoms with Crippen LogP contribution >= 0.6 is 0 Å². The number of nitrogens with zero attached hydrogens (tertiary/aromatic N) is 1. The molecule has 0 saturated carbocycles. The van der Waals surface area contributed by atoms with Crippen LogP contribution in [0.3, 0.4) is 0 Å². The van der Waals surface area contributed by atoms with Crippen LogP contribution in [-0.2, 0) is 9.53 Å². The van der Waals surface area contributed by atoms with Gasteiger partial charge in [0.25, 0.3) is 5.91 Å². The predicted octanol–water partition coefficient (Wildman–Crippen LogP) is 1.40. The van der Waals surface area contributed by atoms with E-state index in [1.54, 1.807) is 4.90 Å². The van der Waals surface area contributed by atoms with Crippen LogP contribution in [-0.4, -0.2) is 52.7 Å². The van der Waals surface area contributed by atoms with Crippen LogP contribution in [0.15, 0.2) is 24.3 Å². The van der Waals surface area contributed by atoms with Crippen molar-refractivity contribution in [1.82, 2.24) is 9.88 Å². The predicted molar refractivity (Wildman–Crippen MR) is 76.3 cm³/mol. The number of aromatic nitrogens is 1. The Kier molecular flexibility index (Phi) is 3.39. The Morgan fingerprint density at radius 1 is 1.38 bits per heavy atom. The molecule has 0 bridgehead atoms. The number of aromatic amines is 1. The number of carbonyl (C=O) groups excluding carboxylic acids is 1. The van der Waals surface area contributed by atoms with Crippen molar-refractivity contribution in [3.63, 3.8) is 0 Å². The number of hydrogen-bond donors (Lipinski definition) is 2. The van der Waals surface area contributed by atoms with Crippen LogP contribution in [0.5, 0.6) is 0 Å². The lowest BCUT2D eigenvalue weighted by molar-refractivity contribution is -0.154. The van der Waals surface area contributed by atoms with Crippen LogP contribution in [0, 0.1) is 6.92 Å². The average Bonchev–Trinajstić information content (AvgIpc) is 2.82. The molecular formula is C15H16N2O4. The fourth-order valence-electron chi connectivity index (χ4n) is 2.69. The highest BCUT2D eigenvalue weighted by molar-refractivity contribution is 6.08. The van der Waals surface area contributed by atoms with E-state index in [0.717, 1.165) is 16.6 Å². The Balaban J connectivity index is 1.93. The van der Waals surface area contributed by atoms with Crippen LogP contribution in [0.25, 0.3) is 10.9 Å². The molecule has 1 aliphatic rings. The minimum Gasteiger partial charge on any atom is -0.479 e. The molecule has 6 nitrogen and oxygen atoms in total. The van der Waals surface area contributed by atoms with Crippen LogP contribution in [0.2, 0.25) is 0 Å². The summed E-state index contributed by atoms with van der Waals surface area (Å²) in [5.41, 5.74) is 2.30. The van der Waals surface area contributed by atoms with Crippen molar-refractivity contribution < 1.29 is 19.4 Å². The molecule has 1 aromatic carbocycles. The second-order valence-corrected chi connectivity index (χ2v) is 5.12. The van der Waals surface area contributed by atoms with Crippen molar-refractivity contribution in [3.05, 3.63) is 35.5 Å². The number of hydrogen-bond acceptors (Lipinski definition) is 3. The van der Waals surface area contributed by atoms with Gasteiger partial charge in [0.1, 0.15) is 0 Å². The van der Waals surface area contributed by atoms with Gasteiger partial charge in [-0.25, -0.2) is 4.79 Å². The van der Waals surface area contributed by atoms with Gasteiger partial charge in [0.05, 0.1) is 18.7 Å². The molecule has 1 unspecified atom stereocenters. The summed E-state index contributed by atoms with van der Waals surface area (Å²) in [5, 5.41) is 9.89. The molecule has 110 valence electrons. The number of ether oxygens (including phenoxy) is 1. The van der Waals surface area contributed by atoms with Gasteiger partial charge in [0.2, 0.25) is 0 Å². The van der Waals surface area contributed by atoms with Crippen molar-refractivity contribution in [2.45, 2.75) is 13.0 Å². The molecule has 0 aliphatic carbocycles. The van der Waals surface area contributed by atoms with E-state index in [4.69, 9.17) is 9.84 Å². The SMILES string of the molecule is Cc1[nH]c2ccccc2c1C(=O)N1CCOC(C(=O)O)C1. The van der Waals surface area contributed by atoms with Gasteiger partial charge in [-0.1, -0.05) is 18.2 Å². The zero-order valence-corrected chi connectivity index (χ0v) is 11.6. The molecular weight excluding hydrogens is 272 g/mol. The zero-order chi connectivity index (χ0) is 15.0. The van der Waals surface area contributed by atoms with Gasteiger partial charge < -0.3 is 19.7 Å². The Labute approximate surface area is 121 Å². The van der Waals surface area contributed by atoms with Crippen LogP contribution in [0.1, 0.15) is 16.1 Å². The zero-order valence-electron chi connectivity index (χ0n) is 11.6. The van der Waals surface area contributed by atoms with E-state index in [2.05, 4.69) is 4.98 Å². The van der Waals surface area contributed by atoms with Gasteiger partial charge in [-0.3, -0.25) is 4.79 Å². The van der Waals surface area contributed by atoms with E-state index in [1.165, 1.54) is 0 Å². The Morgan fingerprint density at radius 3 is 2.90 bits per heavy atom. The standard InChI is InChI=1S/C15H16N2O4/c1-9-13(10-4-2-3-5-11(10)16-9)14(18)17-6-7-21-12(8-17)15(19)20/h2-5,12,16H,6-8H2,1H3,(H,19,20). The third-order valence-corrected chi connectivity index (χ3v) is 3.74. The average molecular weight is 288 g/mol. The molecule has 21 heavy (non-hydrogen) atoms. The van der Waals surface area contributed by atoms with Gasteiger partial charge in [0.15, 0.2) is 6.10 Å². The number of morpholine rings is 1. The fourth-order valence-corrected chi connectivity index (χ4v) is 2.69. The van der Waals surface area contributed by atoms with Crippen LogP contribution < -0.4 is 0 Å². The van der Waals surface area contributed by atoms with E-state index in [1.807, 2.05) is 31.2 Å². The molecule has 1 atom stereocenters. The number of carbonyl (C=O) groups is 2. The highest BCUT2D eigenvalue weighted by Gasteiger charge is 2.31. The molecule has 6 heteroatoms. The highest BCUT2D eigenvalue weighted by Crippen LogP contribution is 2.24. The Morgan fingerprint density at radius 2 is 2.14 bits per heavy atom. The minimum absolute atomic E-state index is 0.0765. The summed E-state index contributed by atoms with van der Waals surface area (Å²) in [5.74, 6) is -1.19. The number of para-hydroxylation sites is 1. The third-order valence-electron chi connectivity index (χ3n) is 3.74. The Bertz CT molecular complexity index is 707. The van der Waals surface area contributed by atoms with Crippen molar-refractivity contribution in [1.29, 1.82) is 0 Å². The molecule has 2 heterocycles. The number of carboxylic acids is 1. The molecule has 1 aromatic heterocycles. The van der Waals surface area contributed by atoms with E-state index >= 15 is 0 Å². The maximum atomic E-state index is 12.7. The summed E-state index contributed by atoms with van der Waals surface area (Å²) >= 11 is 0. The lowest BCUT2D eigenvalue weighted by atomic mass is 10.1. The van der Waals surface area contributed by atoms with Gasteiger partial charge in [-0.15, -0.1) is 0 Å². The first-order valence-corrected chi connectivity index (χ1v) is 6.79. The molecule has 1 saturated heterocycles. The largest absolute Gasteiger partial charge is 0.479 e. The minimum atomic E-state index is -1.04. The summed E-state index contributed by atoms with van der Waals surface area (Å²) < 4.78 is 5.15. The van der Waals surface area contributed by atoms with E-state index < -0.39 is 12.1 Å². The molecule has 3 rings (SSSR count). The summed E-state index contributed by atoms with van der Waals surface area (Å²) in [6.07, 6.45) is -0.951. The normalized spacial score (nSPS) is 18.9. The highest BCUT2D eigenvalue weighted by atomic mass is 16.5. The molecule has 1 fully saturated rings. The maximum Gasteiger partial charge on any atom is 0.334 e. The number of carboxylic acid groups (broad SMARTS) is 1. The van der Waals surface area contributed by atoms with Gasteiger partial charge in [-0.05, 0) is 13.0 Å². The van der Waals surface area contributed by atoms with E-state index in [0.29, 0.717) is 12.1 Å². The van der Waals surface area contributed by atoms with Crippen molar-refractivity contribution >= 4 is 22.8 Å². The first kappa shape index (κ1) is 13.6. The van der Waals surface area contributed by atoms with Crippen LogP contribution in [0.4, 0.5) is 0 Å². The number of amides is 1. The molecule has 0 radical (unpaired) electrons. The Hall–Kier alpha value is -2.34. The number of aryl methyl sites for hydroxylation is 1. The quantitative estimate of drug-likeness (QED) is 0.875. The number of rotatable bonds is 2. The summed E-state index contributed by atoms with van der Waals surface area (Å²) in [6.45, 7) is 2.57. The van der Waals surface area contributed by atoms with Gasteiger partial charge >= 0.3 is 5.97 Å². The molecule has 2 aromatic rings. The second-order valence-electron chi connectivity index (χ2n) is 5.12. The molecule has 1 amide bonds. The van der Waals surface area contributed by atoms with Gasteiger partial charge in [-0.2, -0.15) is 0 Å². The third kappa shape index (κ3) is 2.38. The van der Waals surface area contributed by atoms with Gasteiger partial charge in [0, 0.05) is 23.1 Å². The number of H-pyrrole nitrogens is 1. The van der Waals surface area contributed by atoms with Crippen molar-refractivity contribution in [2.75, 3.05) is 19.7 Å². The molecule has 1 aliphatic heterocycles. The van der Waals surface area contributed by atoms with Crippen molar-refractivity contribution in [2.24, 2.45) is 0 Å². The lowest BCUT2D eigenvalue weighted by Gasteiger charge is -2.31. The number of benzene rings is 1. The monoisotopic (exact) mass is 288 g/mol. The first-order valence-electron chi connectivity index (χ1n) is 6.79. The van der Waals surface area contributed by atoms with Crippen molar-refractivity contribution in [3.8, 4) is 0 Å². The number of fused-ring (bicyclic) bond motifs is 1. The summed E-state index contributed by atoms with van der Waals surface area (Å²) in [4.78, 5) is 28.5. The number of aliphatic carboxylic acids is 1. The molecule has 0 spiro atoms. The first-order chi connectivity index (χ1) is 10.1. The molecule has 2 N–H and O–H groups in total.